The second-order valence-electron chi connectivity index (χ2n) is 11.3. The van der Waals surface area contributed by atoms with Crippen LogP contribution in [0, 0.1) is 44.7 Å². The zero-order valence-corrected chi connectivity index (χ0v) is 21.9. The van der Waals surface area contributed by atoms with Crippen molar-refractivity contribution in [2.24, 2.45) is 23.7 Å². The number of nitrogens with one attached hydrogen (secondary N) is 2. The fourth-order valence-electron chi connectivity index (χ4n) is 7.23. The smallest absolute Gasteiger partial charge is 0.256 e. The van der Waals surface area contributed by atoms with Crippen LogP contribution >= 0.6 is 22.6 Å². The molecule has 2 aromatic rings. The molecule has 36 heavy (non-hydrogen) atoms. The van der Waals surface area contributed by atoms with Crippen molar-refractivity contribution in [3.05, 3.63) is 56.9 Å². The number of aliphatic hydroxyl groups is 1. The summed E-state index contributed by atoms with van der Waals surface area (Å²) in [4.78, 5) is 14.6. The van der Waals surface area contributed by atoms with E-state index in [2.05, 4.69) is 10.6 Å². The van der Waals surface area contributed by atoms with Gasteiger partial charge < -0.3 is 20.6 Å². The number of likely N-dealkylation sites (tertiary alicyclic amines) is 1. The van der Waals surface area contributed by atoms with E-state index >= 15 is 0 Å². The molecule has 4 aliphatic carbocycles. The van der Waals surface area contributed by atoms with E-state index in [1.165, 1.54) is 55.2 Å². The van der Waals surface area contributed by atoms with Crippen molar-refractivity contribution in [2.45, 2.75) is 43.7 Å². The van der Waals surface area contributed by atoms with E-state index in [0.717, 1.165) is 17.9 Å². The van der Waals surface area contributed by atoms with Crippen LogP contribution in [0.4, 0.5) is 24.5 Å². The first-order valence-corrected chi connectivity index (χ1v) is 13.7. The summed E-state index contributed by atoms with van der Waals surface area (Å²) in [5.74, 6) is -0.465. The van der Waals surface area contributed by atoms with Gasteiger partial charge >= 0.3 is 0 Å². The number of hydrogen-bond acceptors (Lipinski definition) is 4. The SMILES string of the molecule is O=C(c1ccc(F)c(F)c1Nc1ccc(I)cc1F)N1CC(O)(CNC2[C@H]3CC4CC(C3)C[C@@H]2C4)C1. The van der Waals surface area contributed by atoms with Crippen molar-refractivity contribution in [2.75, 3.05) is 25.0 Å². The summed E-state index contributed by atoms with van der Waals surface area (Å²) >= 11 is 1.95. The summed E-state index contributed by atoms with van der Waals surface area (Å²) < 4.78 is 43.8. The van der Waals surface area contributed by atoms with Gasteiger partial charge in [0.2, 0.25) is 0 Å². The zero-order valence-electron chi connectivity index (χ0n) is 19.7. The summed E-state index contributed by atoms with van der Waals surface area (Å²) in [6.07, 6.45) is 6.50. The van der Waals surface area contributed by atoms with Crippen LogP contribution in [0.25, 0.3) is 0 Å². The molecule has 1 aliphatic heterocycles. The van der Waals surface area contributed by atoms with Crippen LogP contribution < -0.4 is 10.6 Å². The minimum atomic E-state index is -1.25. The summed E-state index contributed by atoms with van der Waals surface area (Å²) in [6, 6.07) is 6.80. The van der Waals surface area contributed by atoms with Gasteiger partial charge in [0.25, 0.3) is 5.91 Å². The summed E-state index contributed by atoms with van der Waals surface area (Å²) in [7, 11) is 0. The van der Waals surface area contributed by atoms with Gasteiger partial charge in [-0.05, 0) is 109 Å². The minimum absolute atomic E-state index is 0.0612. The van der Waals surface area contributed by atoms with E-state index in [9.17, 15) is 23.1 Å². The molecule has 0 spiro atoms. The number of amides is 1. The van der Waals surface area contributed by atoms with Gasteiger partial charge in [0.05, 0.1) is 30.0 Å². The molecule has 1 amide bonds. The van der Waals surface area contributed by atoms with Gasteiger partial charge in [-0.2, -0.15) is 0 Å². The molecule has 0 radical (unpaired) electrons. The maximum Gasteiger partial charge on any atom is 0.256 e. The lowest BCUT2D eigenvalue weighted by atomic mass is 9.54. The first kappa shape index (κ1) is 24.5. The van der Waals surface area contributed by atoms with E-state index in [-0.39, 0.29) is 24.3 Å². The standard InChI is InChI=1S/C27H29F3IN3O2/c28-20-3-2-19(25(23(20)30)33-22-4-1-18(31)10-21(22)29)26(35)34-12-27(36,13-34)11-32-24-16-6-14-5-15(8-16)9-17(24)7-14/h1-4,10,14-17,24,32-33,36H,5-9,11-13H2/t14?,15?,16-,17-,24?. The topological polar surface area (TPSA) is 64.6 Å². The molecule has 9 heteroatoms. The highest BCUT2D eigenvalue weighted by Gasteiger charge is 2.50. The lowest BCUT2D eigenvalue weighted by Gasteiger charge is -2.55. The van der Waals surface area contributed by atoms with E-state index in [1.54, 1.807) is 6.07 Å². The van der Waals surface area contributed by atoms with Crippen molar-refractivity contribution < 1.29 is 23.1 Å². The molecule has 5 nitrogen and oxygen atoms in total. The number of anilines is 2. The van der Waals surface area contributed by atoms with Crippen molar-refractivity contribution in [3.63, 3.8) is 0 Å². The fourth-order valence-corrected chi connectivity index (χ4v) is 7.69. The van der Waals surface area contributed by atoms with Crippen LogP contribution in [0.3, 0.4) is 0 Å². The molecule has 2 aromatic carbocycles. The Bertz CT molecular complexity index is 1180. The van der Waals surface area contributed by atoms with Crippen LogP contribution in [0.1, 0.15) is 42.5 Å². The Labute approximate surface area is 222 Å². The predicted octanol–water partition coefficient (Wildman–Crippen LogP) is 5.05. The van der Waals surface area contributed by atoms with Gasteiger partial charge in [-0.25, -0.2) is 13.2 Å². The Hall–Kier alpha value is -1.85. The maximum absolute atomic E-state index is 14.7. The van der Waals surface area contributed by atoms with Gasteiger partial charge in [0.15, 0.2) is 11.6 Å². The van der Waals surface area contributed by atoms with E-state index in [4.69, 9.17) is 0 Å². The third-order valence-electron chi connectivity index (χ3n) is 8.67. The molecule has 5 aliphatic rings. The normalized spacial score (nSPS) is 29.8. The third kappa shape index (κ3) is 4.41. The van der Waals surface area contributed by atoms with Crippen LogP contribution in [-0.2, 0) is 0 Å². The van der Waals surface area contributed by atoms with Gasteiger partial charge in [0, 0.05) is 16.2 Å². The Morgan fingerprint density at radius 2 is 1.67 bits per heavy atom. The summed E-state index contributed by atoms with van der Waals surface area (Å²) in [6.45, 7) is 0.603. The zero-order chi connectivity index (χ0) is 25.2. The van der Waals surface area contributed by atoms with Crippen LogP contribution in [0.5, 0.6) is 0 Å². The highest BCUT2D eigenvalue weighted by atomic mass is 127. The third-order valence-corrected chi connectivity index (χ3v) is 9.34. The number of carbonyl (C=O) groups is 1. The molecular weight excluding hydrogens is 582 g/mol. The second kappa shape index (κ2) is 9.16. The van der Waals surface area contributed by atoms with E-state index < -0.39 is 34.6 Å². The van der Waals surface area contributed by atoms with Crippen molar-refractivity contribution >= 4 is 39.9 Å². The molecule has 1 heterocycles. The van der Waals surface area contributed by atoms with Gasteiger partial charge in [0.1, 0.15) is 11.4 Å². The summed E-state index contributed by atoms with van der Waals surface area (Å²) in [5, 5.41) is 17.2. The maximum atomic E-state index is 14.7. The first-order valence-electron chi connectivity index (χ1n) is 12.6. The highest BCUT2D eigenvalue weighted by Crippen LogP contribution is 2.53. The van der Waals surface area contributed by atoms with Crippen molar-refractivity contribution in [1.82, 2.24) is 10.2 Å². The van der Waals surface area contributed by atoms with Gasteiger partial charge in [-0.15, -0.1) is 0 Å². The number of benzene rings is 2. The number of hydrogen-bond donors (Lipinski definition) is 3. The predicted molar refractivity (Wildman–Crippen MR) is 138 cm³/mol. The quantitative estimate of drug-likeness (QED) is 0.401. The molecule has 0 aromatic heterocycles. The Kier molecular flexibility index (Phi) is 6.23. The minimum Gasteiger partial charge on any atom is -0.385 e. The Morgan fingerprint density at radius 3 is 2.31 bits per heavy atom. The average molecular weight is 611 g/mol. The molecule has 1 saturated heterocycles. The lowest BCUT2D eigenvalue weighted by Crippen LogP contribution is -2.69. The molecule has 4 saturated carbocycles. The van der Waals surface area contributed by atoms with Gasteiger partial charge in [-0.1, -0.05) is 0 Å². The van der Waals surface area contributed by atoms with E-state index in [0.29, 0.717) is 28.0 Å². The second-order valence-corrected chi connectivity index (χ2v) is 12.5. The van der Waals surface area contributed by atoms with Crippen LogP contribution in [0.15, 0.2) is 30.3 Å². The Morgan fingerprint density at radius 1 is 1.00 bits per heavy atom. The largest absolute Gasteiger partial charge is 0.385 e. The Balaban J connectivity index is 1.13. The molecular formula is C27H29F3IN3O2. The fraction of sp³-hybridized carbons (Fsp3) is 0.519. The monoisotopic (exact) mass is 611 g/mol. The molecule has 0 unspecified atom stereocenters. The number of β-amino-alcohol motifs (C(OH)–C–C–N with tert-alkyl or cyclic N) is 1. The first-order chi connectivity index (χ1) is 17.2. The van der Waals surface area contributed by atoms with Crippen LogP contribution in [0.2, 0.25) is 0 Å². The molecule has 3 N–H and O–H groups in total. The number of rotatable bonds is 6. The average Bonchev–Trinajstić information content (AvgIpc) is 2.80. The lowest BCUT2D eigenvalue weighted by molar-refractivity contribution is -0.0884. The summed E-state index contributed by atoms with van der Waals surface area (Å²) in [5.41, 5.74) is -1.64. The number of carbonyl (C=O) groups excluding carboxylic acids is 1. The van der Waals surface area contributed by atoms with E-state index in [1.807, 2.05) is 22.6 Å². The molecule has 7 rings (SSSR count). The van der Waals surface area contributed by atoms with Crippen molar-refractivity contribution in [1.29, 1.82) is 0 Å². The molecule has 0 atom stereocenters. The molecule has 192 valence electrons. The van der Waals surface area contributed by atoms with Crippen LogP contribution in [-0.4, -0.2) is 47.2 Å². The van der Waals surface area contributed by atoms with Crippen molar-refractivity contribution in [3.8, 4) is 0 Å². The number of halogens is 4. The number of nitrogens with zero attached hydrogens (tertiary/aromatic N) is 1. The van der Waals surface area contributed by atoms with Gasteiger partial charge in [-0.3, -0.25) is 4.79 Å². The highest BCUT2D eigenvalue weighted by molar-refractivity contribution is 14.1. The molecule has 5 fully saturated rings. The molecule has 4 bridgehead atoms.